The number of halogens is 3. The van der Waals surface area contributed by atoms with Crippen molar-refractivity contribution in [3.05, 3.63) is 64.7 Å². The Morgan fingerprint density at radius 1 is 1.14 bits per heavy atom. The monoisotopic (exact) mass is 414 g/mol. The number of hydrogen-bond donors (Lipinski definition) is 2. The van der Waals surface area contributed by atoms with Crippen molar-refractivity contribution < 1.29 is 26.3 Å². The molecule has 2 heterocycles. The van der Waals surface area contributed by atoms with Crippen LogP contribution in [0.4, 0.5) is 18.9 Å². The minimum absolute atomic E-state index is 0.107. The van der Waals surface area contributed by atoms with Crippen molar-refractivity contribution in [1.82, 2.24) is 14.8 Å². The minimum atomic E-state index is -4.87. The number of aromatic amines is 1. The summed E-state index contributed by atoms with van der Waals surface area (Å²) in [6, 6.07) is 7.94. The van der Waals surface area contributed by atoms with Crippen LogP contribution in [0.2, 0.25) is 0 Å². The van der Waals surface area contributed by atoms with E-state index in [0.29, 0.717) is 5.69 Å². The first-order chi connectivity index (χ1) is 13.0. The maximum Gasteiger partial charge on any atom is 0.573 e. The van der Waals surface area contributed by atoms with Gasteiger partial charge in [0.05, 0.1) is 16.8 Å². The number of aromatic nitrogens is 3. The SMILES string of the molecule is Cc1cc(=O)n(-c2ccc(NS(=O)(=O)c3ccc(OC(F)(F)F)cc3)cn2)[nH]1. The molecule has 148 valence electrons. The fraction of sp³-hybridized carbons (Fsp3) is 0.125. The average Bonchev–Trinajstić information content (AvgIpc) is 2.92. The van der Waals surface area contributed by atoms with Gasteiger partial charge in [-0.3, -0.25) is 14.6 Å². The van der Waals surface area contributed by atoms with Crippen LogP contribution >= 0.6 is 0 Å². The Morgan fingerprint density at radius 2 is 1.82 bits per heavy atom. The van der Waals surface area contributed by atoms with Gasteiger partial charge in [-0.2, -0.15) is 0 Å². The third-order valence-electron chi connectivity index (χ3n) is 3.45. The lowest BCUT2D eigenvalue weighted by molar-refractivity contribution is -0.274. The van der Waals surface area contributed by atoms with Crippen molar-refractivity contribution in [2.75, 3.05) is 4.72 Å². The zero-order chi connectivity index (χ0) is 20.5. The van der Waals surface area contributed by atoms with Gasteiger partial charge in [-0.25, -0.2) is 18.1 Å². The molecule has 8 nitrogen and oxygen atoms in total. The molecule has 0 unspecified atom stereocenters. The zero-order valence-corrected chi connectivity index (χ0v) is 15.0. The molecule has 0 radical (unpaired) electrons. The Balaban J connectivity index is 1.77. The summed E-state index contributed by atoms with van der Waals surface area (Å²) in [4.78, 5) is 15.5. The summed E-state index contributed by atoms with van der Waals surface area (Å²) in [5, 5.41) is 2.79. The smallest absolute Gasteiger partial charge is 0.406 e. The number of aryl methyl sites for hydroxylation is 1. The standard InChI is InChI=1S/C16H13F3N4O4S/c1-10-8-15(24)23(21-10)14-7-2-11(9-20-14)22-28(25,26)13-5-3-12(4-6-13)27-16(17,18)19/h2-9,21-22H,1H3. The number of ether oxygens (including phenoxy) is 1. The van der Waals surface area contributed by atoms with Crippen molar-refractivity contribution in [2.24, 2.45) is 0 Å². The molecule has 0 aliphatic rings. The van der Waals surface area contributed by atoms with Crippen LogP contribution in [-0.2, 0) is 10.0 Å². The molecule has 28 heavy (non-hydrogen) atoms. The number of nitrogens with zero attached hydrogens (tertiary/aromatic N) is 2. The van der Waals surface area contributed by atoms with Gasteiger partial charge in [0.15, 0.2) is 5.82 Å². The Labute approximate surface area is 156 Å². The Bertz CT molecular complexity index is 1130. The molecule has 0 saturated heterocycles. The number of rotatable bonds is 5. The largest absolute Gasteiger partial charge is 0.573 e. The van der Waals surface area contributed by atoms with Gasteiger partial charge < -0.3 is 4.74 Å². The van der Waals surface area contributed by atoms with Crippen molar-refractivity contribution in [3.8, 4) is 11.6 Å². The molecule has 12 heteroatoms. The summed E-state index contributed by atoms with van der Waals surface area (Å²) in [5.74, 6) is -0.279. The van der Waals surface area contributed by atoms with E-state index in [2.05, 4.69) is 19.5 Å². The highest BCUT2D eigenvalue weighted by atomic mass is 32.2. The van der Waals surface area contributed by atoms with Gasteiger partial charge in [0.2, 0.25) is 0 Å². The molecule has 3 rings (SSSR count). The topological polar surface area (TPSA) is 106 Å². The highest BCUT2D eigenvalue weighted by Gasteiger charge is 2.31. The summed E-state index contributed by atoms with van der Waals surface area (Å²) in [6.07, 6.45) is -3.66. The van der Waals surface area contributed by atoms with E-state index in [0.717, 1.165) is 24.3 Å². The van der Waals surface area contributed by atoms with Gasteiger partial charge in [-0.1, -0.05) is 0 Å². The number of nitrogens with one attached hydrogen (secondary N) is 2. The van der Waals surface area contributed by atoms with Crippen molar-refractivity contribution in [2.45, 2.75) is 18.2 Å². The molecular weight excluding hydrogens is 401 g/mol. The van der Waals surface area contributed by atoms with Crippen LogP contribution in [0, 0.1) is 6.92 Å². The Kier molecular flexibility index (Phi) is 4.89. The van der Waals surface area contributed by atoms with Crippen LogP contribution in [0.5, 0.6) is 5.75 Å². The number of H-pyrrole nitrogens is 1. The van der Waals surface area contributed by atoms with E-state index in [1.807, 2.05) is 0 Å². The van der Waals surface area contributed by atoms with Gasteiger partial charge in [-0.05, 0) is 43.3 Å². The third kappa shape index (κ3) is 4.52. The lowest BCUT2D eigenvalue weighted by Gasteiger charge is -2.11. The van der Waals surface area contributed by atoms with Crippen LogP contribution in [0.25, 0.3) is 5.82 Å². The maximum absolute atomic E-state index is 12.3. The normalized spacial score (nSPS) is 12.0. The Hall–Kier alpha value is -3.28. The van der Waals surface area contributed by atoms with Gasteiger partial charge in [0.25, 0.3) is 15.6 Å². The van der Waals surface area contributed by atoms with E-state index in [1.165, 1.54) is 29.1 Å². The minimum Gasteiger partial charge on any atom is -0.406 e. The summed E-state index contributed by atoms with van der Waals surface area (Å²) >= 11 is 0. The van der Waals surface area contributed by atoms with Gasteiger partial charge in [0, 0.05) is 11.8 Å². The van der Waals surface area contributed by atoms with Crippen LogP contribution in [0.15, 0.2) is 58.4 Å². The van der Waals surface area contributed by atoms with Crippen LogP contribution in [-0.4, -0.2) is 29.5 Å². The zero-order valence-electron chi connectivity index (χ0n) is 14.2. The second kappa shape index (κ2) is 7.03. The van der Waals surface area contributed by atoms with Crippen molar-refractivity contribution >= 4 is 15.7 Å². The van der Waals surface area contributed by atoms with E-state index in [1.54, 1.807) is 6.92 Å². The molecule has 2 N–H and O–H groups in total. The summed E-state index contributed by atoms with van der Waals surface area (Å²) in [6.45, 7) is 1.70. The lowest BCUT2D eigenvalue weighted by Crippen LogP contribution is -2.17. The van der Waals surface area contributed by atoms with Crippen molar-refractivity contribution in [3.63, 3.8) is 0 Å². The predicted octanol–water partition coefficient (Wildman–Crippen LogP) is 2.57. The number of hydrogen-bond acceptors (Lipinski definition) is 5. The fourth-order valence-electron chi connectivity index (χ4n) is 2.30. The van der Waals surface area contributed by atoms with Crippen LogP contribution < -0.4 is 15.0 Å². The number of benzene rings is 1. The van der Waals surface area contributed by atoms with Crippen LogP contribution in [0.3, 0.4) is 0 Å². The molecule has 0 amide bonds. The highest BCUT2D eigenvalue weighted by molar-refractivity contribution is 7.92. The van der Waals surface area contributed by atoms with Gasteiger partial charge in [0.1, 0.15) is 5.75 Å². The molecule has 0 aliphatic heterocycles. The Morgan fingerprint density at radius 3 is 2.32 bits per heavy atom. The first-order valence-electron chi connectivity index (χ1n) is 7.67. The van der Waals surface area contributed by atoms with E-state index >= 15 is 0 Å². The molecule has 3 aromatic rings. The highest BCUT2D eigenvalue weighted by Crippen LogP contribution is 2.24. The third-order valence-corrected chi connectivity index (χ3v) is 4.84. The molecular formula is C16H13F3N4O4S. The first kappa shape index (κ1) is 19.5. The number of anilines is 1. The average molecular weight is 414 g/mol. The molecule has 0 aliphatic carbocycles. The summed E-state index contributed by atoms with van der Waals surface area (Å²) < 4.78 is 68.3. The van der Waals surface area contributed by atoms with Crippen LogP contribution in [0.1, 0.15) is 5.69 Å². The summed E-state index contributed by atoms with van der Waals surface area (Å²) in [7, 11) is -4.06. The first-order valence-corrected chi connectivity index (χ1v) is 9.15. The molecule has 0 saturated carbocycles. The van der Waals surface area contributed by atoms with E-state index in [4.69, 9.17) is 0 Å². The molecule has 2 aromatic heterocycles. The van der Waals surface area contributed by atoms with E-state index in [-0.39, 0.29) is 22.0 Å². The summed E-state index contributed by atoms with van der Waals surface area (Å²) in [5.41, 5.74) is 0.421. The second-order valence-corrected chi connectivity index (χ2v) is 7.32. The van der Waals surface area contributed by atoms with Gasteiger partial charge >= 0.3 is 6.36 Å². The van der Waals surface area contributed by atoms with Gasteiger partial charge in [-0.15, -0.1) is 13.2 Å². The molecule has 0 atom stereocenters. The number of alkyl halides is 3. The molecule has 0 spiro atoms. The number of sulfonamides is 1. The fourth-order valence-corrected chi connectivity index (χ4v) is 3.34. The molecule has 0 fully saturated rings. The lowest BCUT2D eigenvalue weighted by atomic mass is 10.3. The molecule has 0 bridgehead atoms. The maximum atomic E-state index is 12.3. The quantitative estimate of drug-likeness (QED) is 0.668. The predicted molar refractivity (Wildman–Crippen MR) is 92.9 cm³/mol. The molecule has 1 aromatic carbocycles. The number of pyridine rings is 1. The van der Waals surface area contributed by atoms with E-state index < -0.39 is 22.1 Å². The van der Waals surface area contributed by atoms with Crippen molar-refractivity contribution in [1.29, 1.82) is 0 Å². The second-order valence-electron chi connectivity index (χ2n) is 5.64. The van der Waals surface area contributed by atoms with E-state index in [9.17, 15) is 26.4 Å².